The van der Waals surface area contributed by atoms with E-state index in [9.17, 15) is 0 Å². The lowest BCUT2D eigenvalue weighted by Crippen LogP contribution is -1.81. The molecule has 2 rings (SSSR count). The number of aromatic amines is 1. The molecule has 1 aromatic carbocycles. The van der Waals surface area contributed by atoms with Gasteiger partial charge >= 0.3 is 0 Å². The molecule has 0 saturated carbocycles. The average Bonchev–Trinajstić information content (AvgIpc) is 2.27. The first-order chi connectivity index (χ1) is 5.25. The van der Waals surface area contributed by atoms with Crippen molar-refractivity contribution < 1.29 is 5.11 Å². The molecule has 4 heteroatoms. The van der Waals surface area contributed by atoms with E-state index in [1.54, 1.807) is 12.1 Å². The number of hydrogen-bond donors (Lipinski definition) is 3. The highest BCUT2D eigenvalue weighted by Gasteiger charge is 1.97. The molecule has 0 unspecified atom stereocenters. The first-order valence-electron chi connectivity index (χ1n) is 3.33. The lowest BCUT2D eigenvalue weighted by atomic mass is 10.2. The van der Waals surface area contributed by atoms with Crippen LogP contribution in [0.1, 0.15) is 0 Å². The van der Waals surface area contributed by atoms with Crippen LogP contribution in [-0.2, 0) is 0 Å². The van der Waals surface area contributed by atoms with Gasteiger partial charge in [-0.1, -0.05) is 0 Å². The van der Waals surface area contributed by atoms with Gasteiger partial charge in [-0.25, -0.2) is 0 Å². The molecule has 0 aliphatic carbocycles. The van der Waals surface area contributed by atoms with Crippen LogP contribution in [-0.4, -0.2) is 10.1 Å². The van der Waals surface area contributed by atoms with E-state index in [4.69, 9.17) is 10.8 Å². The Bertz CT molecular complexity index is 397. The fraction of sp³-hybridized carbons (Fsp3) is 0. The van der Waals surface area contributed by atoms with E-state index in [0.29, 0.717) is 5.69 Å². The first kappa shape index (κ1) is 8.93. The SMILES string of the molecule is Br.Nc1ccc2[nH]c(O)cc2c1. The molecular formula is C8H9BrN2O. The van der Waals surface area contributed by atoms with Gasteiger partial charge in [-0.15, -0.1) is 17.0 Å². The van der Waals surface area contributed by atoms with Crippen LogP contribution in [0, 0.1) is 0 Å². The molecular weight excluding hydrogens is 220 g/mol. The zero-order valence-corrected chi connectivity index (χ0v) is 7.96. The molecule has 0 atom stereocenters. The van der Waals surface area contributed by atoms with Crippen molar-refractivity contribution >= 4 is 33.6 Å². The largest absolute Gasteiger partial charge is 0.495 e. The smallest absolute Gasteiger partial charge is 0.189 e. The average molecular weight is 229 g/mol. The summed E-state index contributed by atoms with van der Waals surface area (Å²) in [5, 5.41) is 9.98. The zero-order chi connectivity index (χ0) is 7.84. The summed E-state index contributed by atoms with van der Waals surface area (Å²) in [6.45, 7) is 0. The van der Waals surface area contributed by atoms with Gasteiger partial charge in [0.2, 0.25) is 0 Å². The van der Waals surface area contributed by atoms with Gasteiger partial charge < -0.3 is 15.8 Å². The van der Waals surface area contributed by atoms with E-state index in [-0.39, 0.29) is 22.9 Å². The second kappa shape index (κ2) is 3.06. The van der Waals surface area contributed by atoms with E-state index in [1.807, 2.05) is 12.1 Å². The Balaban J connectivity index is 0.000000720. The zero-order valence-electron chi connectivity index (χ0n) is 6.24. The number of fused-ring (bicyclic) bond motifs is 1. The van der Waals surface area contributed by atoms with Gasteiger partial charge in [-0.05, 0) is 18.2 Å². The Kier molecular flexibility index (Phi) is 2.28. The van der Waals surface area contributed by atoms with Gasteiger partial charge in [0.15, 0.2) is 5.88 Å². The van der Waals surface area contributed by atoms with Gasteiger partial charge in [-0.2, -0.15) is 0 Å². The number of anilines is 1. The third kappa shape index (κ3) is 1.38. The monoisotopic (exact) mass is 228 g/mol. The summed E-state index contributed by atoms with van der Waals surface area (Å²) >= 11 is 0. The molecule has 0 aliphatic heterocycles. The summed E-state index contributed by atoms with van der Waals surface area (Å²) in [6, 6.07) is 7.08. The second-order valence-corrected chi connectivity index (χ2v) is 2.50. The van der Waals surface area contributed by atoms with Crippen molar-refractivity contribution in [1.82, 2.24) is 4.98 Å². The predicted octanol–water partition coefficient (Wildman–Crippen LogP) is 2.03. The van der Waals surface area contributed by atoms with Gasteiger partial charge in [0.25, 0.3) is 0 Å². The van der Waals surface area contributed by atoms with Crippen LogP contribution in [0.25, 0.3) is 10.9 Å². The van der Waals surface area contributed by atoms with Crippen LogP contribution in [0.5, 0.6) is 5.88 Å². The normalized spacial score (nSPS) is 9.67. The van der Waals surface area contributed by atoms with Crippen molar-refractivity contribution in [2.24, 2.45) is 0 Å². The van der Waals surface area contributed by atoms with E-state index in [0.717, 1.165) is 10.9 Å². The highest BCUT2D eigenvalue weighted by Crippen LogP contribution is 2.20. The van der Waals surface area contributed by atoms with Crippen LogP contribution < -0.4 is 5.73 Å². The number of H-pyrrole nitrogens is 1. The Labute approximate surface area is 80.0 Å². The molecule has 0 saturated heterocycles. The van der Waals surface area contributed by atoms with Gasteiger partial charge in [0, 0.05) is 22.7 Å². The first-order valence-corrected chi connectivity index (χ1v) is 3.33. The van der Waals surface area contributed by atoms with Gasteiger partial charge in [0.05, 0.1) is 0 Å². The summed E-state index contributed by atoms with van der Waals surface area (Å²) in [4.78, 5) is 2.79. The molecule has 0 radical (unpaired) electrons. The molecule has 0 bridgehead atoms. The molecule has 0 fully saturated rings. The van der Waals surface area contributed by atoms with Crippen LogP contribution in [0.2, 0.25) is 0 Å². The number of halogens is 1. The summed E-state index contributed by atoms with van der Waals surface area (Å²) in [5.41, 5.74) is 7.14. The number of aromatic nitrogens is 1. The lowest BCUT2D eigenvalue weighted by Gasteiger charge is -1.90. The summed E-state index contributed by atoms with van der Waals surface area (Å²) in [7, 11) is 0. The third-order valence-corrected chi connectivity index (χ3v) is 1.63. The minimum Gasteiger partial charge on any atom is -0.495 e. The minimum atomic E-state index is 0. The Morgan fingerprint density at radius 2 is 2.00 bits per heavy atom. The van der Waals surface area contributed by atoms with E-state index in [2.05, 4.69) is 4.98 Å². The van der Waals surface area contributed by atoms with Gasteiger partial charge in [-0.3, -0.25) is 0 Å². The van der Waals surface area contributed by atoms with Crippen LogP contribution in [0.4, 0.5) is 5.69 Å². The summed E-state index contributed by atoms with van der Waals surface area (Å²) < 4.78 is 0. The molecule has 2 aromatic rings. The standard InChI is InChI=1S/C8H8N2O.BrH/c9-6-1-2-7-5(3-6)4-8(11)10-7;/h1-4,10-11H,9H2;1H. The Morgan fingerprint density at radius 3 is 2.75 bits per heavy atom. The maximum absolute atomic E-state index is 9.05. The van der Waals surface area contributed by atoms with E-state index >= 15 is 0 Å². The fourth-order valence-corrected chi connectivity index (χ4v) is 1.14. The molecule has 0 aliphatic rings. The number of nitrogens with two attached hydrogens (primary N) is 1. The number of nitrogen functional groups attached to an aromatic ring is 1. The molecule has 0 spiro atoms. The number of nitrogens with one attached hydrogen (secondary N) is 1. The van der Waals surface area contributed by atoms with Crippen molar-refractivity contribution in [3.05, 3.63) is 24.3 Å². The summed E-state index contributed by atoms with van der Waals surface area (Å²) in [6.07, 6.45) is 0. The van der Waals surface area contributed by atoms with Crippen molar-refractivity contribution in [2.75, 3.05) is 5.73 Å². The highest BCUT2D eigenvalue weighted by atomic mass is 79.9. The van der Waals surface area contributed by atoms with Crippen molar-refractivity contribution in [2.45, 2.75) is 0 Å². The van der Waals surface area contributed by atoms with E-state index in [1.165, 1.54) is 0 Å². The van der Waals surface area contributed by atoms with Gasteiger partial charge in [0.1, 0.15) is 0 Å². The van der Waals surface area contributed by atoms with E-state index < -0.39 is 0 Å². The minimum absolute atomic E-state index is 0. The predicted molar refractivity (Wildman–Crippen MR) is 54.7 cm³/mol. The van der Waals surface area contributed by atoms with Crippen LogP contribution in [0.3, 0.4) is 0 Å². The maximum atomic E-state index is 9.05. The third-order valence-electron chi connectivity index (χ3n) is 1.63. The lowest BCUT2D eigenvalue weighted by molar-refractivity contribution is 0.458. The number of hydrogen-bond acceptors (Lipinski definition) is 2. The van der Waals surface area contributed by atoms with Crippen LogP contribution >= 0.6 is 17.0 Å². The Hall–Kier alpha value is -1.16. The number of rotatable bonds is 0. The molecule has 1 heterocycles. The Morgan fingerprint density at radius 1 is 1.25 bits per heavy atom. The number of benzene rings is 1. The molecule has 12 heavy (non-hydrogen) atoms. The molecule has 1 aromatic heterocycles. The maximum Gasteiger partial charge on any atom is 0.189 e. The van der Waals surface area contributed by atoms with Crippen molar-refractivity contribution in [1.29, 1.82) is 0 Å². The second-order valence-electron chi connectivity index (χ2n) is 2.50. The van der Waals surface area contributed by atoms with Crippen molar-refractivity contribution in [3.63, 3.8) is 0 Å². The molecule has 0 amide bonds. The quantitative estimate of drug-likeness (QED) is 0.605. The molecule has 3 nitrogen and oxygen atoms in total. The number of aromatic hydroxyl groups is 1. The highest BCUT2D eigenvalue weighted by molar-refractivity contribution is 8.93. The summed E-state index contributed by atoms with van der Waals surface area (Å²) in [5.74, 6) is 0.172. The fourth-order valence-electron chi connectivity index (χ4n) is 1.14. The van der Waals surface area contributed by atoms with Crippen LogP contribution in [0.15, 0.2) is 24.3 Å². The topological polar surface area (TPSA) is 62.0 Å². The van der Waals surface area contributed by atoms with Crippen molar-refractivity contribution in [3.8, 4) is 5.88 Å². The molecule has 64 valence electrons. The molecule has 4 N–H and O–H groups in total.